The summed E-state index contributed by atoms with van der Waals surface area (Å²) in [5.41, 5.74) is 0. The molecular formula is C8H15NO6. The number of aliphatic hydroxyl groups excluding tert-OH is 4. The largest absolute Gasteiger partial charge is 0.394 e. The first kappa shape index (κ1) is 12.3. The van der Waals surface area contributed by atoms with Gasteiger partial charge in [0.2, 0.25) is 5.91 Å². The molecule has 2 unspecified atom stereocenters. The Bertz CT molecular complexity index is 235. The maximum Gasteiger partial charge on any atom is 0.217 e. The van der Waals surface area contributed by atoms with E-state index in [1.54, 1.807) is 0 Å². The second-order valence-electron chi connectivity index (χ2n) is 3.46. The zero-order valence-electron chi connectivity index (χ0n) is 8.20. The highest BCUT2D eigenvalue weighted by molar-refractivity contribution is 5.73. The van der Waals surface area contributed by atoms with E-state index in [1.165, 1.54) is 6.92 Å². The lowest BCUT2D eigenvalue weighted by molar-refractivity contribution is -0.253. The van der Waals surface area contributed by atoms with Crippen LogP contribution < -0.4 is 5.32 Å². The van der Waals surface area contributed by atoms with Gasteiger partial charge in [-0.1, -0.05) is 0 Å². The molecule has 0 saturated carbocycles. The molecule has 1 saturated heterocycles. The third-order valence-electron chi connectivity index (χ3n) is 2.27. The molecule has 0 bridgehead atoms. The van der Waals surface area contributed by atoms with Gasteiger partial charge < -0.3 is 30.5 Å². The number of carbonyl (C=O) groups is 1. The molecule has 0 aromatic rings. The molecule has 1 aliphatic heterocycles. The smallest absolute Gasteiger partial charge is 0.217 e. The molecule has 15 heavy (non-hydrogen) atoms. The number of hydrogen-bond donors (Lipinski definition) is 5. The van der Waals surface area contributed by atoms with Crippen molar-refractivity contribution >= 4 is 5.91 Å². The van der Waals surface area contributed by atoms with Crippen LogP contribution in [0.2, 0.25) is 0 Å². The minimum Gasteiger partial charge on any atom is -0.394 e. The van der Waals surface area contributed by atoms with Crippen LogP contribution in [-0.4, -0.2) is 63.6 Å². The Morgan fingerprint density at radius 1 is 1.33 bits per heavy atom. The quantitative estimate of drug-likeness (QED) is 0.337. The van der Waals surface area contributed by atoms with Crippen molar-refractivity contribution in [2.75, 3.05) is 6.61 Å². The van der Waals surface area contributed by atoms with Gasteiger partial charge in [0, 0.05) is 6.92 Å². The molecule has 0 aromatic heterocycles. The average molecular weight is 221 g/mol. The summed E-state index contributed by atoms with van der Waals surface area (Å²) in [6, 6.07) is -1.10. The second kappa shape index (κ2) is 4.86. The maximum absolute atomic E-state index is 10.7. The van der Waals surface area contributed by atoms with Crippen molar-refractivity contribution < 1.29 is 30.0 Å². The molecule has 0 aliphatic carbocycles. The molecule has 5 atom stereocenters. The van der Waals surface area contributed by atoms with Gasteiger partial charge in [0.15, 0.2) is 6.29 Å². The Morgan fingerprint density at radius 2 is 1.93 bits per heavy atom. The Labute approximate surface area is 86.3 Å². The Morgan fingerprint density at radius 3 is 2.40 bits per heavy atom. The fourth-order valence-electron chi connectivity index (χ4n) is 1.49. The summed E-state index contributed by atoms with van der Waals surface area (Å²) in [5.74, 6) is -0.462. The third kappa shape index (κ3) is 2.64. The van der Waals surface area contributed by atoms with Crippen LogP contribution >= 0.6 is 0 Å². The maximum atomic E-state index is 10.7. The summed E-state index contributed by atoms with van der Waals surface area (Å²) < 4.78 is 4.81. The van der Waals surface area contributed by atoms with E-state index in [1.807, 2.05) is 0 Å². The number of rotatable bonds is 2. The van der Waals surface area contributed by atoms with E-state index < -0.39 is 43.2 Å². The lowest BCUT2D eigenvalue weighted by Gasteiger charge is -2.40. The van der Waals surface area contributed by atoms with E-state index in [0.717, 1.165) is 0 Å². The lowest BCUT2D eigenvalue weighted by Crippen LogP contribution is -2.63. The highest BCUT2D eigenvalue weighted by Gasteiger charge is 2.43. The predicted octanol–water partition coefficient (Wildman–Crippen LogP) is -3.08. The molecule has 0 spiro atoms. The normalized spacial score (nSPS) is 41.3. The van der Waals surface area contributed by atoms with Crippen molar-refractivity contribution in [2.45, 2.75) is 37.6 Å². The van der Waals surface area contributed by atoms with Gasteiger partial charge in [0.1, 0.15) is 24.4 Å². The molecule has 1 amide bonds. The van der Waals surface area contributed by atoms with Crippen LogP contribution in [0.25, 0.3) is 0 Å². The number of carbonyl (C=O) groups excluding carboxylic acids is 1. The average Bonchev–Trinajstić information content (AvgIpc) is 2.18. The van der Waals surface area contributed by atoms with Gasteiger partial charge in [0.25, 0.3) is 0 Å². The van der Waals surface area contributed by atoms with Crippen molar-refractivity contribution in [3.8, 4) is 0 Å². The Kier molecular flexibility index (Phi) is 4.00. The van der Waals surface area contributed by atoms with E-state index in [0.29, 0.717) is 0 Å². The van der Waals surface area contributed by atoms with Crippen LogP contribution in [0.15, 0.2) is 0 Å². The predicted molar refractivity (Wildman–Crippen MR) is 47.6 cm³/mol. The molecule has 1 heterocycles. The van der Waals surface area contributed by atoms with Crippen LogP contribution in [0.4, 0.5) is 0 Å². The first-order chi connectivity index (χ1) is 6.97. The molecule has 1 fully saturated rings. The Hall–Kier alpha value is -0.730. The second-order valence-corrected chi connectivity index (χ2v) is 3.46. The standard InChI is InChI=1S/C8H15NO6/c1-3(11)9-5-7(13)6(12)4(2-10)15-8(5)14/h4-8,10,12-14H,2H2,1H3,(H,9,11)/t4?,5-,6+,7?,8+/m1/s1. The van der Waals surface area contributed by atoms with E-state index in [2.05, 4.69) is 5.32 Å². The minimum atomic E-state index is -1.45. The lowest BCUT2D eigenvalue weighted by atomic mass is 9.97. The summed E-state index contributed by atoms with van der Waals surface area (Å²) in [6.07, 6.45) is -5.24. The molecule has 7 nitrogen and oxygen atoms in total. The molecular weight excluding hydrogens is 206 g/mol. The van der Waals surface area contributed by atoms with E-state index in [-0.39, 0.29) is 0 Å². The number of amides is 1. The van der Waals surface area contributed by atoms with Crippen molar-refractivity contribution in [1.82, 2.24) is 5.32 Å². The SMILES string of the molecule is CC(=O)N[C@@H]1C(O)[C@@H](O)C(CO)O[C@@H]1O. The monoisotopic (exact) mass is 221 g/mol. The zero-order chi connectivity index (χ0) is 11.6. The van der Waals surface area contributed by atoms with Crippen molar-refractivity contribution in [3.05, 3.63) is 0 Å². The van der Waals surface area contributed by atoms with Crippen LogP contribution in [0.1, 0.15) is 6.92 Å². The molecule has 1 rings (SSSR count). The summed E-state index contributed by atoms with van der Waals surface area (Å²) in [7, 11) is 0. The number of nitrogens with one attached hydrogen (secondary N) is 1. The number of ether oxygens (including phenoxy) is 1. The highest BCUT2D eigenvalue weighted by Crippen LogP contribution is 2.19. The van der Waals surface area contributed by atoms with Crippen molar-refractivity contribution in [3.63, 3.8) is 0 Å². The van der Waals surface area contributed by atoms with Crippen LogP contribution in [0.3, 0.4) is 0 Å². The van der Waals surface area contributed by atoms with E-state index >= 15 is 0 Å². The van der Waals surface area contributed by atoms with Gasteiger partial charge in [0.05, 0.1) is 6.61 Å². The topological polar surface area (TPSA) is 119 Å². The summed E-state index contributed by atoms with van der Waals surface area (Å²) in [4.78, 5) is 10.7. The van der Waals surface area contributed by atoms with Crippen LogP contribution in [-0.2, 0) is 9.53 Å². The molecule has 0 radical (unpaired) electrons. The summed E-state index contributed by atoms with van der Waals surface area (Å²) in [5, 5.41) is 39.4. The minimum absolute atomic E-state index is 0.462. The number of aliphatic hydroxyl groups is 4. The van der Waals surface area contributed by atoms with Gasteiger partial charge >= 0.3 is 0 Å². The number of hydrogen-bond acceptors (Lipinski definition) is 6. The van der Waals surface area contributed by atoms with Crippen LogP contribution in [0, 0.1) is 0 Å². The van der Waals surface area contributed by atoms with Gasteiger partial charge in [-0.2, -0.15) is 0 Å². The van der Waals surface area contributed by atoms with Crippen LogP contribution in [0.5, 0.6) is 0 Å². The summed E-state index contributed by atoms with van der Waals surface area (Å²) in [6.45, 7) is 0.687. The first-order valence-corrected chi connectivity index (χ1v) is 4.55. The first-order valence-electron chi connectivity index (χ1n) is 4.55. The highest BCUT2D eigenvalue weighted by atomic mass is 16.6. The molecule has 7 heteroatoms. The van der Waals surface area contributed by atoms with Gasteiger partial charge in [-0.3, -0.25) is 4.79 Å². The zero-order valence-corrected chi connectivity index (χ0v) is 8.20. The van der Waals surface area contributed by atoms with E-state index in [9.17, 15) is 20.1 Å². The van der Waals surface area contributed by atoms with Gasteiger partial charge in [-0.25, -0.2) is 0 Å². The Balaban J connectivity index is 2.70. The van der Waals surface area contributed by atoms with Crippen molar-refractivity contribution in [2.24, 2.45) is 0 Å². The van der Waals surface area contributed by atoms with E-state index in [4.69, 9.17) is 9.84 Å². The molecule has 1 aliphatic rings. The molecule has 88 valence electrons. The third-order valence-corrected chi connectivity index (χ3v) is 2.27. The fourth-order valence-corrected chi connectivity index (χ4v) is 1.49. The summed E-state index contributed by atoms with van der Waals surface area (Å²) >= 11 is 0. The fraction of sp³-hybridized carbons (Fsp3) is 0.875. The molecule has 0 aromatic carbocycles. The van der Waals surface area contributed by atoms with Gasteiger partial charge in [-0.05, 0) is 0 Å². The van der Waals surface area contributed by atoms with Crippen molar-refractivity contribution in [1.29, 1.82) is 0 Å². The molecule has 5 N–H and O–H groups in total. The van der Waals surface area contributed by atoms with Gasteiger partial charge in [-0.15, -0.1) is 0 Å².